The number of aryl methyl sites for hydroxylation is 1. The topological polar surface area (TPSA) is 30.2 Å². The number of hydrogen-bond acceptors (Lipinski definition) is 3. The maximum atomic E-state index is 4.69. The lowest BCUT2D eigenvalue weighted by atomic mass is 10.0. The molecular weight excluding hydrogens is 470 g/mol. The van der Waals surface area contributed by atoms with E-state index in [-0.39, 0.29) is 0 Å². The summed E-state index contributed by atoms with van der Waals surface area (Å²) in [6.07, 6.45) is 0. The predicted molar refractivity (Wildman–Crippen MR) is 156 cm³/mol. The van der Waals surface area contributed by atoms with Crippen molar-refractivity contribution in [3.05, 3.63) is 115 Å². The van der Waals surface area contributed by atoms with Gasteiger partial charge in [-0.2, -0.15) is 0 Å². The lowest BCUT2D eigenvalue weighted by molar-refractivity contribution is 1.12. The van der Waals surface area contributed by atoms with Crippen LogP contribution in [0.4, 0.5) is 0 Å². The number of pyridine rings is 1. The van der Waals surface area contributed by atoms with E-state index in [1.165, 1.54) is 47.6 Å². The summed E-state index contributed by atoms with van der Waals surface area (Å²) >= 11 is 1.86. The van der Waals surface area contributed by atoms with E-state index in [1.54, 1.807) is 0 Å². The first-order valence-electron chi connectivity index (χ1n) is 12.4. The van der Waals surface area contributed by atoms with E-state index in [9.17, 15) is 0 Å². The van der Waals surface area contributed by atoms with Gasteiger partial charge >= 0.3 is 0 Å². The van der Waals surface area contributed by atoms with Crippen molar-refractivity contribution >= 4 is 58.8 Å². The Balaban J connectivity index is 1.33. The third kappa shape index (κ3) is 2.93. The minimum absolute atomic E-state index is 0.862. The number of rotatable bonds is 2. The van der Waals surface area contributed by atoms with Crippen LogP contribution in [0.3, 0.4) is 0 Å². The fourth-order valence-corrected chi connectivity index (χ4v) is 6.98. The van der Waals surface area contributed by atoms with Gasteiger partial charge in [-0.15, -0.1) is 21.5 Å². The van der Waals surface area contributed by atoms with Crippen molar-refractivity contribution in [2.45, 2.75) is 6.92 Å². The zero-order valence-electron chi connectivity index (χ0n) is 20.1. The molecule has 0 saturated carbocycles. The van der Waals surface area contributed by atoms with Gasteiger partial charge in [0.1, 0.15) is 0 Å². The van der Waals surface area contributed by atoms with Crippen LogP contribution in [0.2, 0.25) is 0 Å². The van der Waals surface area contributed by atoms with E-state index in [0.717, 1.165) is 27.9 Å². The van der Waals surface area contributed by atoms with Gasteiger partial charge in [0.05, 0.1) is 5.52 Å². The highest BCUT2D eigenvalue weighted by molar-refractivity contribution is 7.26. The molecule has 0 atom stereocenters. The number of hydrogen-bond donors (Lipinski definition) is 0. The summed E-state index contributed by atoms with van der Waals surface area (Å²) < 4.78 is 4.86. The Morgan fingerprint density at radius 2 is 1.30 bits per heavy atom. The van der Waals surface area contributed by atoms with Crippen LogP contribution in [0.1, 0.15) is 5.56 Å². The molecule has 0 radical (unpaired) electrons. The highest BCUT2D eigenvalue weighted by atomic mass is 32.1. The molecule has 0 unspecified atom stereocenters. The molecular formula is C33H21N3S. The lowest BCUT2D eigenvalue weighted by Gasteiger charge is -2.11. The van der Waals surface area contributed by atoms with E-state index in [2.05, 4.69) is 126 Å². The molecule has 0 aliphatic carbocycles. The van der Waals surface area contributed by atoms with Gasteiger partial charge in [-0.1, -0.05) is 97.1 Å². The molecule has 5 aromatic carbocycles. The number of benzene rings is 5. The molecule has 0 amide bonds. The summed E-state index contributed by atoms with van der Waals surface area (Å²) in [5.41, 5.74) is 6.80. The van der Waals surface area contributed by atoms with Gasteiger partial charge in [-0.25, -0.2) is 0 Å². The van der Waals surface area contributed by atoms with Crippen molar-refractivity contribution in [3.63, 3.8) is 0 Å². The van der Waals surface area contributed by atoms with Gasteiger partial charge in [0, 0.05) is 36.5 Å². The number of fused-ring (bicyclic) bond motifs is 9. The summed E-state index contributed by atoms with van der Waals surface area (Å²) in [6.45, 7) is 2.17. The Labute approximate surface area is 217 Å². The quantitative estimate of drug-likeness (QED) is 0.226. The number of aromatic nitrogens is 3. The average molecular weight is 492 g/mol. The van der Waals surface area contributed by atoms with Crippen molar-refractivity contribution in [2.24, 2.45) is 0 Å². The third-order valence-corrected chi connectivity index (χ3v) is 8.67. The lowest BCUT2D eigenvalue weighted by Crippen LogP contribution is -1.95. The van der Waals surface area contributed by atoms with Crippen LogP contribution in [0.5, 0.6) is 0 Å². The highest BCUT2D eigenvalue weighted by Gasteiger charge is 2.17. The molecule has 0 saturated heterocycles. The van der Waals surface area contributed by atoms with Crippen LogP contribution >= 0.6 is 11.3 Å². The molecule has 3 nitrogen and oxygen atoms in total. The van der Waals surface area contributed by atoms with Gasteiger partial charge in [-0.05, 0) is 41.1 Å². The zero-order valence-corrected chi connectivity index (χ0v) is 21.0. The summed E-state index contributed by atoms with van der Waals surface area (Å²) in [7, 11) is 0. The second-order valence-electron chi connectivity index (χ2n) is 9.56. The average Bonchev–Trinajstić information content (AvgIpc) is 3.56. The maximum absolute atomic E-state index is 4.69. The molecule has 0 spiro atoms. The number of para-hydroxylation sites is 1. The monoisotopic (exact) mass is 491 g/mol. The highest BCUT2D eigenvalue weighted by Crippen LogP contribution is 2.40. The van der Waals surface area contributed by atoms with Crippen LogP contribution < -0.4 is 0 Å². The smallest absolute Gasteiger partial charge is 0.169 e. The Kier molecular flexibility index (Phi) is 4.31. The largest absolute Gasteiger partial charge is 0.274 e. The van der Waals surface area contributed by atoms with Gasteiger partial charge in [0.15, 0.2) is 11.5 Å². The van der Waals surface area contributed by atoms with Gasteiger partial charge in [-0.3, -0.25) is 4.40 Å². The molecule has 8 aromatic rings. The molecule has 37 heavy (non-hydrogen) atoms. The van der Waals surface area contributed by atoms with Crippen LogP contribution in [0, 0.1) is 6.92 Å². The normalized spacial score (nSPS) is 11.9. The molecule has 8 rings (SSSR count). The van der Waals surface area contributed by atoms with Crippen molar-refractivity contribution < 1.29 is 0 Å². The second kappa shape index (κ2) is 7.73. The van der Waals surface area contributed by atoms with Crippen LogP contribution in [0.25, 0.3) is 70.0 Å². The first-order valence-corrected chi connectivity index (χ1v) is 13.3. The molecule has 0 N–H and O–H groups in total. The fourth-order valence-electron chi connectivity index (χ4n) is 5.74. The van der Waals surface area contributed by atoms with Crippen LogP contribution in [-0.2, 0) is 0 Å². The van der Waals surface area contributed by atoms with E-state index in [4.69, 9.17) is 5.10 Å². The van der Waals surface area contributed by atoms with Crippen molar-refractivity contribution in [1.82, 2.24) is 14.6 Å². The molecule has 0 aliphatic rings. The first kappa shape index (κ1) is 20.6. The Hall–Kier alpha value is -4.54. The fraction of sp³-hybridized carbons (Fsp3) is 0.0303. The molecule has 0 aliphatic heterocycles. The van der Waals surface area contributed by atoms with E-state index in [0.29, 0.717) is 0 Å². The molecule has 3 aromatic heterocycles. The minimum atomic E-state index is 0.862. The zero-order chi connectivity index (χ0) is 24.5. The standard InChI is InChI=1S/C33H21N3S/c1-20-8-6-13-27-30(20)26-10-2-4-14-28(26)36-32(34-35-33(27)36)22-18-16-21(17-19-22)23-11-7-12-25-24-9-3-5-15-29(24)37-31(23)25/h2-19H,1H3. The van der Waals surface area contributed by atoms with E-state index >= 15 is 0 Å². The second-order valence-corrected chi connectivity index (χ2v) is 10.6. The first-order chi connectivity index (χ1) is 18.3. The van der Waals surface area contributed by atoms with Crippen LogP contribution in [-0.4, -0.2) is 14.6 Å². The third-order valence-electron chi connectivity index (χ3n) is 7.45. The van der Waals surface area contributed by atoms with Crippen molar-refractivity contribution in [2.75, 3.05) is 0 Å². The minimum Gasteiger partial charge on any atom is -0.274 e. The molecule has 4 heteroatoms. The molecule has 174 valence electrons. The summed E-state index contributed by atoms with van der Waals surface area (Å²) in [5, 5.41) is 15.6. The van der Waals surface area contributed by atoms with E-state index in [1.807, 2.05) is 11.3 Å². The molecule has 0 fully saturated rings. The predicted octanol–water partition coefficient (Wildman–Crippen LogP) is 9.05. The number of thiophene rings is 1. The van der Waals surface area contributed by atoms with Crippen LogP contribution in [0.15, 0.2) is 109 Å². The van der Waals surface area contributed by atoms with Crippen molar-refractivity contribution in [1.29, 1.82) is 0 Å². The van der Waals surface area contributed by atoms with Gasteiger partial charge in [0.2, 0.25) is 0 Å². The van der Waals surface area contributed by atoms with E-state index < -0.39 is 0 Å². The van der Waals surface area contributed by atoms with Gasteiger partial charge < -0.3 is 0 Å². The SMILES string of the molecule is Cc1cccc2c1c1ccccc1n1c(-c3ccc(-c4cccc5c4sc4ccccc45)cc3)nnc21. The Morgan fingerprint density at radius 3 is 2.19 bits per heavy atom. The molecule has 0 bridgehead atoms. The summed E-state index contributed by atoms with van der Waals surface area (Å²) in [6, 6.07) is 39.0. The van der Waals surface area contributed by atoms with Crippen molar-refractivity contribution in [3.8, 4) is 22.5 Å². The number of nitrogens with zero attached hydrogens (tertiary/aromatic N) is 3. The Morgan fingerprint density at radius 1 is 0.595 bits per heavy atom. The van der Waals surface area contributed by atoms with Gasteiger partial charge in [0.25, 0.3) is 0 Å². The molecule has 3 heterocycles. The summed E-state index contributed by atoms with van der Waals surface area (Å²) in [4.78, 5) is 0. The maximum Gasteiger partial charge on any atom is 0.169 e. The Bertz CT molecular complexity index is 2150. The summed E-state index contributed by atoms with van der Waals surface area (Å²) in [5.74, 6) is 0.862.